The maximum Gasteiger partial charge on any atom is 0.265 e. The molecule has 1 fully saturated rings. The van der Waals surface area contributed by atoms with Crippen LogP contribution in [0.15, 0.2) is 22.4 Å². The topological polar surface area (TPSA) is 130 Å². The lowest BCUT2D eigenvalue weighted by atomic mass is 10.1. The Bertz CT molecular complexity index is 1010. The number of carbonyl (C=O) groups is 1. The van der Waals surface area contributed by atoms with Crippen LogP contribution in [0.5, 0.6) is 17.4 Å². The van der Waals surface area contributed by atoms with Crippen molar-refractivity contribution in [1.82, 2.24) is 4.98 Å². The number of H-pyrrole nitrogens is 1. The van der Waals surface area contributed by atoms with E-state index in [9.17, 15) is 18.3 Å². The number of hydrogen-bond donors (Lipinski definition) is 2. The number of aromatic amines is 1. The summed E-state index contributed by atoms with van der Waals surface area (Å²) >= 11 is 0. The van der Waals surface area contributed by atoms with Crippen molar-refractivity contribution in [3.8, 4) is 17.4 Å². The summed E-state index contributed by atoms with van der Waals surface area (Å²) in [6.45, 7) is 0.873. The van der Waals surface area contributed by atoms with E-state index in [0.717, 1.165) is 0 Å². The molecule has 9 nitrogen and oxygen atoms in total. The van der Waals surface area contributed by atoms with Gasteiger partial charge in [-0.3, -0.25) is 4.79 Å². The zero-order chi connectivity index (χ0) is 18.3. The number of aromatic nitrogens is 1. The number of sulfone groups is 1. The smallest absolute Gasteiger partial charge is 0.265 e. The molecule has 2 N–H and O–H groups in total. The molecule has 3 heterocycles. The lowest BCUT2D eigenvalue weighted by Crippen LogP contribution is -2.15. The van der Waals surface area contributed by atoms with Gasteiger partial charge in [0, 0.05) is 17.9 Å². The van der Waals surface area contributed by atoms with Crippen LogP contribution in [0.3, 0.4) is 0 Å². The summed E-state index contributed by atoms with van der Waals surface area (Å²) in [4.78, 5) is 14.8. The number of fused-ring (bicyclic) bond motifs is 2. The van der Waals surface area contributed by atoms with Crippen LogP contribution in [-0.4, -0.2) is 49.1 Å². The van der Waals surface area contributed by atoms with Crippen molar-refractivity contribution in [2.45, 2.75) is 12.8 Å². The van der Waals surface area contributed by atoms with Crippen molar-refractivity contribution in [1.29, 1.82) is 0 Å². The number of nitrogens with one attached hydrogen (secondary N) is 1. The lowest BCUT2D eigenvalue weighted by molar-refractivity contribution is -0.119. The maximum atomic E-state index is 12.0. The van der Waals surface area contributed by atoms with Gasteiger partial charge in [0.2, 0.25) is 5.88 Å². The first-order valence-electron chi connectivity index (χ1n) is 8.20. The Hall–Kier alpha value is -2.62. The average molecular weight is 379 g/mol. The number of azo groups is 1. The highest BCUT2D eigenvalue weighted by Gasteiger charge is 2.29. The van der Waals surface area contributed by atoms with Gasteiger partial charge in [0.1, 0.15) is 13.2 Å². The molecule has 0 saturated carbocycles. The molecule has 0 aliphatic carbocycles. The SMILES string of the molecule is O=C(C[C@H]1CCS(=O)(=O)C1)N=Nc1c(O)[nH]c2cc3c(cc12)OCCO3. The maximum absolute atomic E-state index is 12.0. The number of amides is 1. The van der Waals surface area contributed by atoms with Crippen LogP contribution in [0, 0.1) is 5.92 Å². The summed E-state index contributed by atoms with van der Waals surface area (Å²) in [5, 5.41) is 18.1. The Morgan fingerprint density at radius 3 is 2.69 bits per heavy atom. The fourth-order valence-electron chi connectivity index (χ4n) is 3.23. The van der Waals surface area contributed by atoms with E-state index in [-0.39, 0.29) is 35.4 Å². The van der Waals surface area contributed by atoms with E-state index in [1.165, 1.54) is 0 Å². The molecule has 0 spiro atoms. The summed E-state index contributed by atoms with van der Waals surface area (Å²) in [5.41, 5.74) is 0.708. The molecule has 1 atom stereocenters. The first-order valence-corrected chi connectivity index (χ1v) is 10.0. The molecule has 2 aromatic rings. The molecular formula is C16H17N3O6S. The third-order valence-electron chi connectivity index (χ3n) is 4.47. The third-order valence-corrected chi connectivity index (χ3v) is 6.30. The van der Waals surface area contributed by atoms with E-state index >= 15 is 0 Å². The zero-order valence-electron chi connectivity index (χ0n) is 13.8. The average Bonchev–Trinajstić information content (AvgIpc) is 3.08. The Balaban J connectivity index is 1.55. The lowest BCUT2D eigenvalue weighted by Gasteiger charge is -2.17. The number of aromatic hydroxyl groups is 1. The Morgan fingerprint density at radius 2 is 2.00 bits per heavy atom. The second-order valence-electron chi connectivity index (χ2n) is 6.43. The fraction of sp³-hybridized carbons (Fsp3) is 0.438. The monoisotopic (exact) mass is 379 g/mol. The number of carbonyl (C=O) groups excluding carboxylic acids is 1. The van der Waals surface area contributed by atoms with Crippen LogP contribution in [0.1, 0.15) is 12.8 Å². The van der Waals surface area contributed by atoms with Crippen LogP contribution in [0.25, 0.3) is 10.9 Å². The van der Waals surface area contributed by atoms with Gasteiger partial charge in [-0.05, 0) is 18.4 Å². The molecule has 1 amide bonds. The molecule has 2 aliphatic rings. The summed E-state index contributed by atoms with van der Waals surface area (Å²) in [6.07, 6.45) is 0.490. The van der Waals surface area contributed by atoms with Crippen molar-refractivity contribution in [3.63, 3.8) is 0 Å². The molecule has 4 rings (SSSR count). The molecule has 138 valence electrons. The van der Waals surface area contributed by atoms with E-state index in [1.807, 2.05) is 0 Å². The Morgan fingerprint density at radius 1 is 1.27 bits per heavy atom. The molecule has 26 heavy (non-hydrogen) atoms. The normalized spacial score (nSPS) is 21.5. The molecule has 0 unspecified atom stereocenters. The number of rotatable bonds is 3. The van der Waals surface area contributed by atoms with E-state index in [1.54, 1.807) is 12.1 Å². The number of hydrogen-bond acceptors (Lipinski definition) is 7. The largest absolute Gasteiger partial charge is 0.493 e. The molecule has 1 aromatic carbocycles. The van der Waals surface area contributed by atoms with E-state index in [4.69, 9.17) is 9.47 Å². The predicted molar refractivity (Wildman–Crippen MR) is 91.9 cm³/mol. The minimum absolute atomic E-state index is 0.00999. The molecule has 0 bridgehead atoms. The molecule has 1 saturated heterocycles. The highest BCUT2D eigenvalue weighted by atomic mass is 32.2. The second kappa shape index (κ2) is 6.27. The summed E-state index contributed by atoms with van der Waals surface area (Å²) in [6, 6.07) is 3.36. The van der Waals surface area contributed by atoms with Crippen molar-refractivity contribution in [2.75, 3.05) is 24.7 Å². The second-order valence-corrected chi connectivity index (χ2v) is 8.66. The quantitative estimate of drug-likeness (QED) is 0.785. The first-order chi connectivity index (χ1) is 12.4. The third kappa shape index (κ3) is 3.24. The van der Waals surface area contributed by atoms with Gasteiger partial charge in [-0.2, -0.15) is 0 Å². The summed E-state index contributed by atoms with van der Waals surface area (Å²) < 4.78 is 33.9. The highest BCUT2D eigenvalue weighted by Crippen LogP contribution is 2.42. The first kappa shape index (κ1) is 16.8. The van der Waals surface area contributed by atoms with Crippen LogP contribution >= 0.6 is 0 Å². The van der Waals surface area contributed by atoms with Gasteiger partial charge in [0.25, 0.3) is 5.91 Å². The van der Waals surface area contributed by atoms with Gasteiger partial charge < -0.3 is 19.6 Å². The van der Waals surface area contributed by atoms with Gasteiger partial charge >= 0.3 is 0 Å². The summed E-state index contributed by atoms with van der Waals surface area (Å²) in [5.74, 6) is 0.254. The van der Waals surface area contributed by atoms with E-state index in [2.05, 4.69) is 15.2 Å². The molecule has 1 aromatic heterocycles. The summed E-state index contributed by atoms with van der Waals surface area (Å²) in [7, 11) is -3.04. The Labute approximate surface area is 148 Å². The molecule has 2 aliphatic heterocycles. The van der Waals surface area contributed by atoms with Crippen LogP contribution in [0.4, 0.5) is 5.69 Å². The van der Waals surface area contributed by atoms with Gasteiger partial charge in [0.15, 0.2) is 27.0 Å². The number of ether oxygens (including phenoxy) is 2. The minimum atomic E-state index is -3.04. The van der Waals surface area contributed by atoms with Crippen molar-refractivity contribution < 1.29 is 27.8 Å². The van der Waals surface area contributed by atoms with Crippen molar-refractivity contribution >= 4 is 32.3 Å². The highest BCUT2D eigenvalue weighted by molar-refractivity contribution is 7.91. The molecular weight excluding hydrogens is 362 g/mol. The molecule has 10 heteroatoms. The molecule has 0 radical (unpaired) electrons. The van der Waals surface area contributed by atoms with E-state index in [0.29, 0.717) is 42.0 Å². The fourth-order valence-corrected chi connectivity index (χ4v) is 5.09. The van der Waals surface area contributed by atoms with E-state index < -0.39 is 15.7 Å². The predicted octanol–water partition coefficient (Wildman–Crippen LogP) is 2.08. The van der Waals surface area contributed by atoms with Gasteiger partial charge in [0.05, 0.1) is 17.0 Å². The minimum Gasteiger partial charge on any atom is -0.493 e. The number of benzene rings is 1. The van der Waals surface area contributed by atoms with Crippen LogP contribution in [-0.2, 0) is 14.6 Å². The van der Waals surface area contributed by atoms with Crippen molar-refractivity contribution in [2.24, 2.45) is 16.1 Å². The Kier molecular flexibility index (Phi) is 4.06. The number of nitrogens with zero attached hydrogens (tertiary/aromatic N) is 2. The van der Waals surface area contributed by atoms with Crippen LogP contribution in [0.2, 0.25) is 0 Å². The zero-order valence-corrected chi connectivity index (χ0v) is 14.6. The van der Waals surface area contributed by atoms with Gasteiger partial charge in [-0.1, -0.05) is 0 Å². The van der Waals surface area contributed by atoms with Gasteiger partial charge in [-0.25, -0.2) is 8.42 Å². The van der Waals surface area contributed by atoms with Crippen molar-refractivity contribution in [3.05, 3.63) is 12.1 Å². The van der Waals surface area contributed by atoms with Crippen LogP contribution < -0.4 is 9.47 Å². The van der Waals surface area contributed by atoms with Gasteiger partial charge in [-0.15, -0.1) is 10.2 Å². The standard InChI is InChI=1S/C16H17N3O6S/c20-14(5-9-1-4-26(22,23)8-9)18-19-15-10-6-12-13(25-3-2-24-12)7-11(10)17-16(15)21/h6-7,9,17,21H,1-5,8H2/t9-/m1/s1.